The van der Waals surface area contributed by atoms with Crippen molar-refractivity contribution in [3.8, 4) is 5.75 Å². The second-order valence-electron chi connectivity index (χ2n) is 3.43. The number of ether oxygens (including phenoxy) is 1. The average Bonchev–Trinajstić information content (AvgIpc) is 2.78. The molecule has 0 aliphatic rings. The summed E-state index contributed by atoms with van der Waals surface area (Å²) in [6.07, 6.45) is 1.54. The molecule has 86 valence electrons. The Morgan fingerprint density at radius 3 is 3.00 bits per heavy atom. The number of fused-ring (bicyclic) bond motifs is 1. The number of furan rings is 1. The number of halogens is 1. The first-order chi connectivity index (χ1) is 7.69. The van der Waals surface area contributed by atoms with Crippen LogP contribution in [0.25, 0.3) is 11.0 Å². The zero-order chi connectivity index (χ0) is 11.7. The molecule has 0 radical (unpaired) electrons. The van der Waals surface area contributed by atoms with E-state index in [-0.39, 0.29) is 6.61 Å². The van der Waals surface area contributed by atoms with Gasteiger partial charge in [0.1, 0.15) is 0 Å². The van der Waals surface area contributed by atoms with Crippen LogP contribution in [-0.2, 0) is 0 Å². The van der Waals surface area contributed by atoms with Crippen LogP contribution in [0.3, 0.4) is 0 Å². The van der Waals surface area contributed by atoms with E-state index in [0.717, 1.165) is 5.39 Å². The lowest BCUT2D eigenvalue weighted by atomic mass is 10.1. The number of benzene rings is 1. The number of rotatable bonds is 3. The highest BCUT2D eigenvalue weighted by Crippen LogP contribution is 2.37. The van der Waals surface area contributed by atoms with E-state index in [1.54, 1.807) is 19.2 Å². The van der Waals surface area contributed by atoms with Gasteiger partial charge in [0.15, 0.2) is 11.3 Å². The van der Waals surface area contributed by atoms with E-state index in [2.05, 4.69) is 0 Å². The zero-order valence-electron chi connectivity index (χ0n) is 8.74. The predicted molar refractivity (Wildman–Crippen MR) is 61.8 cm³/mol. The van der Waals surface area contributed by atoms with E-state index in [1.165, 1.54) is 6.26 Å². The average molecular weight is 242 g/mol. The van der Waals surface area contributed by atoms with E-state index in [1.807, 2.05) is 0 Å². The van der Waals surface area contributed by atoms with Gasteiger partial charge < -0.3 is 20.0 Å². The van der Waals surface area contributed by atoms with Crippen molar-refractivity contribution < 1.29 is 14.3 Å². The Balaban J connectivity index is 2.70. The first-order valence-electron chi connectivity index (χ1n) is 4.79. The van der Waals surface area contributed by atoms with Crippen LogP contribution in [-0.4, -0.2) is 18.8 Å². The molecule has 1 aromatic carbocycles. The molecular weight excluding hydrogens is 230 g/mol. The van der Waals surface area contributed by atoms with Gasteiger partial charge in [0.2, 0.25) is 0 Å². The Hall–Kier alpha value is -1.23. The standard InChI is InChI=1S/C11H12ClNO3/c1-15-9-4-7(8(13)5-14)10(12)6-2-3-16-11(6)9/h2-4,8,14H,5,13H2,1H3. The first-order valence-corrected chi connectivity index (χ1v) is 5.16. The number of aliphatic hydroxyl groups is 1. The highest BCUT2D eigenvalue weighted by Gasteiger charge is 2.17. The van der Waals surface area contributed by atoms with Crippen molar-refractivity contribution in [2.24, 2.45) is 5.73 Å². The van der Waals surface area contributed by atoms with Gasteiger partial charge in [-0.05, 0) is 17.7 Å². The Labute approximate surface area is 97.6 Å². The molecule has 0 amide bonds. The highest BCUT2D eigenvalue weighted by atomic mass is 35.5. The highest BCUT2D eigenvalue weighted by molar-refractivity contribution is 6.36. The van der Waals surface area contributed by atoms with E-state index >= 15 is 0 Å². The van der Waals surface area contributed by atoms with Gasteiger partial charge in [0.05, 0.1) is 31.0 Å². The Bertz CT molecular complexity index is 509. The monoisotopic (exact) mass is 241 g/mol. The van der Waals surface area contributed by atoms with Gasteiger partial charge in [-0.2, -0.15) is 0 Å². The number of methoxy groups -OCH3 is 1. The molecule has 1 unspecified atom stereocenters. The SMILES string of the molecule is COc1cc(C(N)CO)c(Cl)c2ccoc12. The summed E-state index contributed by atoms with van der Waals surface area (Å²) in [5.41, 5.74) is 6.99. The maximum atomic E-state index is 9.05. The summed E-state index contributed by atoms with van der Waals surface area (Å²) < 4.78 is 10.5. The minimum atomic E-state index is -0.527. The van der Waals surface area contributed by atoms with Gasteiger partial charge in [-0.25, -0.2) is 0 Å². The molecule has 3 N–H and O–H groups in total. The van der Waals surface area contributed by atoms with Crippen LogP contribution in [0.5, 0.6) is 5.75 Å². The fraction of sp³-hybridized carbons (Fsp3) is 0.273. The van der Waals surface area contributed by atoms with Gasteiger partial charge >= 0.3 is 0 Å². The van der Waals surface area contributed by atoms with E-state index in [0.29, 0.717) is 21.9 Å². The van der Waals surface area contributed by atoms with Crippen molar-refractivity contribution in [3.63, 3.8) is 0 Å². The maximum Gasteiger partial charge on any atom is 0.177 e. The van der Waals surface area contributed by atoms with Crippen LogP contribution in [0.1, 0.15) is 11.6 Å². The topological polar surface area (TPSA) is 68.6 Å². The Kier molecular flexibility index (Phi) is 3.05. The third-order valence-corrected chi connectivity index (χ3v) is 2.90. The lowest BCUT2D eigenvalue weighted by molar-refractivity contribution is 0.268. The summed E-state index contributed by atoms with van der Waals surface area (Å²) in [6, 6.07) is 2.91. The molecule has 5 heteroatoms. The molecule has 1 aromatic heterocycles. The molecule has 0 aliphatic heterocycles. The quantitative estimate of drug-likeness (QED) is 0.863. The molecule has 2 aromatic rings. The minimum absolute atomic E-state index is 0.174. The molecule has 0 fully saturated rings. The Morgan fingerprint density at radius 1 is 1.62 bits per heavy atom. The van der Waals surface area contributed by atoms with Crippen LogP contribution in [0.2, 0.25) is 5.02 Å². The first kappa shape index (κ1) is 11.3. The fourth-order valence-corrected chi connectivity index (χ4v) is 1.96. The normalized spacial score (nSPS) is 13.0. The predicted octanol–water partition coefficient (Wildman–Crippen LogP) is 2.09. The number of hydrogen-bond donors (Lipinski definition) is 2. The third-order valence-electron chi connectivity index (χ3n) is 2.48. The van der Waals surface area contributed by atoms with Crippen molar-refractivity contribution in [3.05, 3.63) is 29.0 Å². The zero-order valence-corrected chi connectivity index (χ0v) is 9.49. The molecule has 4 nitrogen and oxygen atoms in total. The van der Waals surface area contributed by atoms with Gasteiger partial charge in [-0.1, -0.05) is 11.6 Å². The van der Waals surface area contributed by atoms with Gasteiger partial charge in [-0.3, -0.25) is 0 Å². The molecule has 0 saturated carbocycles. The van der Waals surface area contributed by atoms with Crippen LogP contribution in [0.4, 0.5) is 0 Å². The summed E-state index contributed by atoms with van der Waals surface area (Å²) in [6.45, 7) is -0.174. The maximum absolute atomic E-state index is 9.05. The van der Waals surface area contributed by atoms with Crippen LogP contribution >= 0.6 is 11.6 Å². The number of aliphatic hydroxyl groups excluding tert-OH is 1. The molecule has 0 aliphatic carbocycles. The number of hydrogen-bond acceptors (Lipinski definition) is 4. The van der Waals surface area contributed by atoms with Crippen LogP contribution in [0, 0.1) is 0 Å². The van der Waals surface area contributed by atoms with Crippen LogP contribution in [0.15, 0.2) is 22.8 Å². The summed E-state index contributed by atoms with van der Waals surface area (Å²) in [5, 5.41) is 10.3. The molecule has 0 spiro atoms. The van der Waals surface area contributed by atoms with Crippen molar-refractivity contribution in [2.75, 3.05) is 13.7 Å². The second kappa shape index (κ2) is 4.33. The van der Waals surface area contributed by atoms with Gasteiger partial charge in [-0.15, -0.1) is 0 Å². The van der Waals surface area contributed by atoms with Crippen LogP contribution < -0.4 is 10.5 Å². The summed E-state index contributed by atoms with van der Waals surface area (Å²) >= 11 is 6.18. The van der Waals surface area contributed by atoms with Crippen molar-refractivity contribution >= 4 is 22.6 Å². The Morgan fingerprint density at radius 2 is 2.38 bits per heavy atom. The van der Waals surface area contributed by atoms with Gasteiger partial charge in [0, 0.05) is 5.39 Å². The van der Waals surface area contributed by atoms with Gasteiger partial charge in [0.25, 0.3) is 0 Å². The van der Waals surface area contributed by atoms with Crippen molar-refractivity contribution in [1.29, 1.82) is 0 Å². The summed E-state index contributed by atoms with van der Waals surface area (Å²) in [7, 11) is 1.54. The van der Waals surface area contributed by atoms with E-state index < -0.39 is 6.04 Å². The summed E-state index contributed by atoms with van der Waals surface area (Å²) in [4.78, 5) is 0. The molecule has 2 rings (SSSR count). The molecule has 0 bridgehead atoms. The lowest BCUT2D eigenvalue weighted by Gasteiger charge is -2.13. The fourth-order valence-electron chi connectivity index (χ4n) is 1.62. The molecule has 1 heterocycles. The minimum Gasteiger partial charge on any atom is -0.493 e. The molecule has 0 saturated heterocycles. The van der Waals surface area contributed by atoms with Crippen molar-refractivity contribution in [2.45, 2.75) is 6.04 Å². The summed E-state index contributed by atoms with van der Waals surface area (Å²) in [5.74, 6) is 0.559. The third kappa shape index (κ3) is 1.65. The molecule has 1 atom stereocenters. The van der Waals surface area contributed by atoms with Crippen molar-refractivity contribution in [1.82, 2.24) is 0 Å². The molecule has 16 heavy (non-hydrogen) atoms. The van der Waals surface area contributed by atoms with E-state index in [4.69, 9.17) is 31.6 Å². The smallest absolute Gasteiger partial charge is 0.177 e. The lowest BCUT2D eigenvalue weighted by Crippen LogP contribution is -2.15. The second-order valence-corrected chi connectivity index (χ2v) is 3.81. The van der Waals surface area contributed by atoms with E-state index in [9.17, 15) is 0 Å². The molecular formula is C11H12ClNO3. The number of nitrogens with two attached hydrogens (primary N) is 1. The largest absolute Gasteiger partial charge is 0.493 e.